The zero-order valence-corrected chi connectivity index (χ0v) is 32.5. The normalized spacial score (nSPS) is 23.6. The van der Waals surface area contributed by atoms with E-state index < -0.39 is 29.7 Å². The molecule has 4 aromatic rings. The van der Waals surface area contributed by atoms with Crippen molar-refractivity contribution in [3.8, 4) is 5.75 Å². The van der Waals surface area contributed by atoms with Crippen molar-refractivity contribution >= 4 is 57.8 Å². The van der Waals surface area contributed by atoms with Crippen molar-refractivity contribution in [3.05, 3.63) is 89.2 Å². The molecule has 5 aliphatic rings. The lowest BCUT2D eigenvalue weighted by atomic mass is 9.92. The van der Waals surface area contributed by atoms with Gasteiger partial charge in [0, 0.05) is 87.9 Å². The molecule has 16 nitrogen and oxygen atoms in total. The molecule has 2 aromatic heterocycles. The minimum absolute atomic E-state index is 0.0161. The second kappa shape index (κ2) is 16.1. The van der Waals surface area contributed by atoms with Crippen molar-refractivity contribution in [2.45, 2.75) is 63.1 Å². The van der Waals surface area contributed by atoms with E-state index in [9.17, 15) is 24.0 Å². The van der Waals surface area contributed by atoms with Crippen LogP contribution < -0.4 is 25.2 Å². The molecule has 9 rings (SSSR count). The maximum absolute atomic E-state index is 13.3. The van der Waals surface area contributed by atoms with Gasteiger partial charge in [-0.2, -0.15) is 0 Å². The lowest BCUT2D eigenvalue weighted by molar-refractivity contribution is -0.136. The molecule has 2 N–H and O–H groups in total. The molecular weight excluding hydrogens is 753 g/mol. The van der Waals surface area contributed by atoms with Crippen molar-refractivity contribution in [2.75, 3.05) is 55.6 Å². The van der Waals surface area contributed by atoms with Gasteiger partial charge in [0.05, 0.1) is 34.9 Å². The molecule has 2 atom stereocenters. The molecule has 1 unspecified atom stereocenters. The molecule has 302 valence electrons. The first-order valence-electron chi connectivity index (χ1n) is 20.3. The van der Waals surface area contributed by atoms with E-state index in [0.29, 0.717) is 34.2 Å². The van der Waals surface area contributed by atoms with Crippen molar-refractivity contribution in [2.24, 2.45) is 5.92 Å². The first kappa shape index (κ1) is 38.1. The van der Waals surface area contributed by atoms with Crippen LogP contribution in [0.3, 0.4) is 0 Å². The molecule has 16 heteroatoms. The summed E-state index contributed by atoms with van der Waals surface area (Å²) in [6.45, 7) is 13.3. The van der Waals surface area contributed by atoms with Gasteiger partial charge in [0.25, 0.3) is 17.7 Å². The summed E-state index contributed by atoms with van der Waals surface area (Å²) in [7, 11) is 0. The van der Waals surface area contributed by atoms with Crippen LogP contribution >= 0.6 is 0 Å². The fourth-order valence-electron chi connectivity index (χ4n) is 9.07. The number of nitrogens with one attached hydrogen (secondary N) is 2. The Bertz CT molecular complexity index is 2370. The average Bonchev–Trinajstić information content (AvgIpc) is 3.83. The van der Waals surface area contributed by atoms with E-state index in [1.54, 1.807) is 36.8 Å². The molecule has 3 saturated heterocycles. The first-order valence-corrected chi connectivity index (χ1v) is 20.3. The van der Waals surface area contributed by atoms with Crippen LogP contribution in [-0.2, 0) is 9.59 Å². The molecule has 59 heavy (non-hydrogen) atoms. The van der Waals surface area contributed by atoms with Crippen LogP contribution in [0.2, 0.25) is 0 Å². The van der Waals surface area contributed by atoms with E-state index in [-0.39, 0.29) is 36.5 Å². The number of imide groups is 2. The van der Waals surface area contributed by atoms with Crippen molar-refractivity contribution < 1.29 is 28.7 Å². The Morgan fingerprint density at radius 1 is 0.864 bits per heavy atom. The van der Waals surface area contributed by atoms with E-state index in [1.807, 2.05) is 24.3 Å². The molecule has 0 radical (unpaired) electrons. The monoisotopic (exact) mass is 796 g/mol. The summed E-state index contributed by atoms with van der Waals surface area (Å²) in [5.74, 6) is -0.392. The number of benzene rings is 2. The van der Waals surface area contributed by atoms with Gasteiger partial charge in [0.1, 0.15) is 11.8 Å². The summed E-state index contributed by atoms with van der Waals surface area (Å²) in [4.78, 5) is 88.6. The van der Waals surface area contributed by atoms with Crippen molar-refractivity contribution in [1.82, 2.24) is 35.4 Å². The molecule has 0 spiro atoms. The molecule has 2 aromatic carbocycles. The highest BCUT2D eigenvalue weighted by Gasteiger charge is 2.45. The summed E-state index contributed by atoms with van der Waals surface area (Å²) in [5, 5.41) is 6.23. The molecule has 4 aliphatic heterocycles. The Morgan fingerprint density at radius 2 is 1.64 bits per heavy atom. The Morgan fingerprint density at radius 3 is 2.41 bits per heavy atom. The van der Waals surface area contributed by atoms with E-state index in [0.717, 1.165) is 99.6 Å². The van der Waals surface area contributed by atoms with Crippen LogP contribution in [0.25, 0.3) is 15.7 Å². The molecule has 1 saturated carbocycles. The predicted molar refractivity (Wildman–Crippen MR) is 216 cm³/mol. The third-order valence-corrected chi connectivity index (χ3v) is 12.3. The van der Waals surface area contributed by atoms with Crippen LogP contribution in [0.1, 0.15) is 76.0 Å². The second-order valence-electron chi connectivity index (χ2n) is 16.0. The third-order valence-electron chi connectivity index (χ3n) is 12.3. The number of piperidine rings is 1. The maximum Gasteiger partial charge on any atom is 0.262 e. The van der Waals surface area contributed by atoms with Crippen LogP contribution in [0, 0.1) is 12.5 Å². The van der Waals surface area contributed by atoms with E-state index >= 15 is 0 Å². The molecule has 5 amide bonds. The summed E-state index contributed by atoms with van der Waals surface area (Å²) < 4.78 is 6.36. The number of hydrogen-bond donors (Lipinski definition) is 2. The van der Waals surface area contributed by atoms with Crippen molar-refractivity contribution in [1.29, 1.82) is 0 Å². The highest BCUT2D eigenvalue weighted by atomic mass is 16.5. The topological polar surface area (TPSA) is 175 Å². The number of pyridine rings is 1. The highest BCUT2D eigenvalue weighted by Crippen LogP contribution is 2.35. The number of anilines is 2. The third kappa shape index (κ3) is 7.65. The maximum atomic E-state index is 13.3. The standard InChI is InChI=1S/C43H44N10O6/c1-44-34-10-12-36(32-3-2-15-45-38(32)34)59-30-7-4-28(5-8-30)48-39(55)27-22-46-43(47-23-27)52-16-14-26(25-52)24-50-17-19-51(20-18-50)29-6-9-31-33(21-29)42(58)53(41(31)57)35-11-13-37(54)49-40(35)56/h2-3,6,9-10,12,15,21-23,26,28,30,35H,4-5,7-8,11,13-14,16-20,24-25H2,(H,48,55)(H,49,54,56)/t26-,28?,30?,35?/m1/s1. The number of fused-ring (bicyclic) bond motifs is 2. The fraction of sp³-hybridized carbons (Fsp3) is 0.419. The number of amides is 5. The molecular formula is C43H44N10O6. The Labute approximate surface area is 340 Å². The highest BCUT2D eigenvalue weighted by molar-refractivity contribution is 6.23. The number of carbonyl (C=O) groups is 5. The van der Waals surface area contributed by atoms with Gasteiger partial charge in [0.15, 0.2) is 0 Å². The van der Waals surface area contributed by atoms with E-state index in [4.69, 9.17) is 11.3 Å². The van der Waals surface area contributed by atoms with Gasteiger partial charge in [0.2, 0.25) is 23.5 Å². The summed E-state index contributed by atoms with van der Waals surface area (Å²) in [6, 6.07) is 11.7. The van der Waals surface area contributed by atoms with Gasteiger partial charge in [-0.05, 0) is 80.8 Å². The van der Waals surface area contributed by atoms with Crippen LogP contribution in [0.5, 0.6) is 5.75 Å². The van der Waals surface area contributed by atoms with Gasteiger partial charge < -0.3 is 19.9 Å². The summed E-state index contributed by atoms with van der Waals surface area (Å²) in [5.41, 5.74) is 3.02. The molecule has 6 heterocycles. The minimum Gasteiger partial charge on any atom is -0.490 e. The Kier molecular flexibility index (Phi) is 10.4. The predicted octanol–water partition coefficient (Wildman–Crippen LogP) is 3.75. The summed E-state index contributed by atoms with van der Waals surface area (Å²) in [6.07, 6.45) is 9.33. The largest absolute Gasteiger partial charge is 0.490 e. The Hall–Kier alpha value is -6.47. The molecule has 4 fully saturated rings. The lowest BCUT2D eigenvalue weighted by Crippen LogP contribution is -2.54. The number of piperazine rings is 1. The van der Waals surface area contributed by atoms with E-state index in [2.05, 4.69) is 45.1 Å². The smallest absolute Gasteiger partial charge is 0.262 e. The summed E-state index contributed by atoms with van der Waals surface area (Å²) >= 11 is 0. The number of nitrogens with zero attached hydrogens (tertiary/aromatic N) is 8. The minimum atomic E-state index is -0.982. The lowest BCUT2D eigenvalue weighted by Gasteiger charge is -2.37. The number of aromatic nitrogens is 3. The number of rotatable bonds is 9. The van der Waals surface area contributed by atoms with Gasteiger partial charge in [-0.15, -0.1) is 0 Å². The van der Waals surface area contributed by atoms with Crippen LogP contribution in [0.15, 0.2) is 61.1 Å². The second-order valence-corrected chi connectivity index (χ2v) is 16.0. The van der Waals surface area contributed by atoms with Gasteiger partial charge in [-0.3, -0.25) is 44.1 Å². The van der Waals surface area contributed by atoms with Crippen LogP contribution in [-0.4, -0.2) is 118 Å². The van der Waals surface area contributed by atoms with E-state index in [1.165, 1.54) is 0 Å². The van der Waals surface area contributed by atoms with Gasteiger partial charge in [-0.1, -0.05) is 6.07 Å². The number of carbonyl (C=O) groups excluding carboxylic acids is 5. The first-order chi connectivity index (χ1) is 28.7. The van der Waals surface area contributed by atoms with Crippen molar-refractivity contribution in [3.63, 3.8) is 0 Å². The fourth-order valence-corrected chi connectivity index (χ4v) is 9.07. The number of ether oxygens (including phenoxy) is 1. The quantitative estimate of drug-likeness (QED) is 0.186. The number of hydrogen-bond acceptors (Lipinski definition) is 12. The molecule has 0 bridgehead atoms. The Balaban J connectivity index is 0.716. The average molecular weight is 797 g/mol. The molecule has 1 aliphatic carbocycles. The SMILES string of the molecule is [C-]#[N+]c1ccc(OC2CCC(NC(=O)c3cnc(N4CC[C@H](CN5CCN(c6ccc7c(c6)C(=O)N(C6CCC(=O)NC6=O)C7=O)CC5)C4)nc3)CC2)c2cccnc12. The zero-order chi connectivity index (χ0) is 40.6. The van der Waals surface area contributed by atoms with Gasteiger partial charge in [-0.25, -0.2) is 14.8 Å². The van der Waals surface area contributed by atoms with Crippen LogP contribution in [0.4, 0.5) is 17.3 Å². The van der Waals surface area contributed by atoms with Gasteiger partial charge >= 0.3 is 0 Å². The zero-order valence-electron chi connectivity index (χ0n) is 32.5.